The summed E-state index contributed by atoms with van der Waals surface area (Å²) in [6, 6.07) is 12.6. The first-order chi connectivity index (χ1) is 13.3. The number of hydrogen-bond donors (Lipinski definition) is 1. The normalized spacial score (nSPS) is 11.5. The van der Waals surface area contributed by atoms with Gasteiger partial charge in [0, 0.05) is 23.1 Å². The van der Waals surface area contributed by atoms with E-state index in [1.165, 1.54) is 11.6 Å². The largest absolute Gasteiger partial charge is 0.484 e. The van der Waals surface area contributed by atoms with Gasteiger partial charge < -0.3 is 9.15 Å². The van der Waals surface area contributed by atoms with Gasteiger partial charge in [-0.2, -0.15) is 5.10 Å². The molecule has 1 aromatic heterocycles. The molecular formula is C22H22N2O4. The molecule has 144 valence electrons. The van der Waals surface area contributed by atoms with E-state index in [2.05, 4.69) is 16.6 Å². The molecule has 1 amide bonds. The molecule has 6 heteroatoms. The first-order valence-corrected chi connectivity index (χ1v) is 8.91. The van der Waals surface area contributed by atoms with Crippen molar-refractivity contribution < 1.29 is 13.9 Å². The van der Waals surface area contributed by atoms with Crippen LogP contribution in [-0.4, -0.2) is 18.2 Å². The van der Waals surface area contributed by atoms with Gasteiger partial charge in [-0.05, 0) is 51.0 Å². The molecule has 3 rings (SSSR count). The van der Waals surface area contributed by atoms with Crippen LogP contribution in [0.15, 0.2) is 56.8 Å². The Morgan fingerprint density at radius 3 is 2.61 bits per heavy atom. The Labute approximate surface area is 162 Å². The molecule has 0 saturated heterocycles. The molecule has 0 atom stereocenters. The predicted octanol–water partition coefficient (Wildman–Crippen LogP) is 3.64. The second-order valence-corrected chi connectivity index (χ2v) is 6.75. The standard InChI is InChI=1S/C22H22N2O4/c1-13-5-7-18(14(2)9-13)16(4)23-24-21(25)12-27-17-6-8-19-15(3)10-22(26)28-20(19)11-17/h5-11H,12H2,1-4H3,(H,24,25)/b23-16-. The highest BCUT2D eigenvalue weighted by molar-refractivity contribution is 6.00. The molecule has 1 N–H and O–H groups in total. The third kappa shape index (κ3) is 4.46. The van der Waals surface area contributed by atoms with Gasteiger partial charge in [-0.25, -0.2) is 10.2 Å². The Kier molecular flexibility index (Phi) is 5.59. The van der Waals surface area contributed by atoms with Crippen LogP contribution >= 0.6 is 0 Å². The highest BCUT2D eigenvalue weighted by Crippen LogP contribution is 2.22. The Morgan fingerprint density at radius 1 is 1.07 bits per heavy atom. The Bertz CT molecular complexity index is 1130. The number of aryl methyl sites for hydroxylation is 3. The quantitative estimate of drug-likeness (QED) is 0.418. The van der Waals surface area contributed by atoms with E-state index in [1.54, 1.807) is 18.2 Å². The lowest BCUT2D eigenvalue weighted by molar-refractivity contribution is -0.123. The van der Waals surface area contributed by atoms with E-state index in [0.717, 1.165) is 22.1 Å². The fourth-order valence-corrected chi connectivity index (χ4v) is 3.00. The van der Waals surface area contributed by atoms with Crippen LogP contribution in [-0.2, 0) is 4.79 Å². The SMILES string of the molecule is C/C(=N/NC(=O)COc1ccc2c(C)cc(=O)oc2c1)c1ccc(C)cc1C. The molecular weight excluding hydrogens is 356 g/mol. The average Bonchev–Trinajstić information content (AvgIpc) is 2.64. The van der Waals surface area contributed by atoms with Gasteiger partial charge in [0.05, 0.1) is 5.71 Å². The minimum Gasteiger partial charge on any atom is -0.484 e. The van der Waals surface area contributed by atoms with Crippen molar-refractivity contribution in [2.45, 2.75) is 27.7 Å². The molecule has 0 aliphatic heterocycles. The first-order valence-electron chi connectivity index (χ1n) is 8.91. The van der Waals surface area contributed by atoms with Gasteiger partial charge >= 0.3 is 5.63 Å². The van der Waals surface area contributed by atoms with E-state index in [0.29, 0.717) is 17.0 Å². The van der Waals surface area contributed by atoms with Crippen LogP contribution in [0.25, 0.3) is 11.0 Å². The van der Waals surface area contributed by atoms with Crippen LogP contribution in [0.3, 0.4) is 0 Å². The van der Waals surface area contributed by atoms with Crippen LogP contribution in [0.2, 0.25) is 0 Å². The Hall–Kier alpha value is -3.41. The minimum atomic E-state index is -0.420. The smallest absolute Gasteiger partial charge is 0.336 e. The van der Waals surface area contributed by atoms with E-state index < -0.39 is 5.63 Å². The molecule has 28 heavy (non-hydrogen) atoms. The Morgan fingerprint density at radius 2 is 1.86 bits per heavy atom. The first kappa shape index (κ1) is 19.4. The van der Waals surface area contributed by atoms with Crippen LogP contribution in [0.4, 0.5) is 0 Å². The summed E-state index contributed by atoms with van der Waals surface area (Å²) in [4.78, 5) is 23.6. The van der Waals surface area contributed by atoms with Gasteiger partial charge in [0.1, 0.15) is 11.3 Å². The maximum atomic E-state index is 12.0. The zero-order chi connectivity index (χ0) is 20.3. The van der Waals surface area contributed by atoms with E-state index >= 15 is 0 Å². The topological polar surface area (TPSA) is 80.9 Å². The molecule has 0 radical (unpaired) electrons. The highest BCUT2D eigenvalue weighted by atomic mass is 16.5. The maximum absolute atomic E-state index is 12.0. The summed E-state index contributed by atoms with van der Waals surface area (Å²) in [5.41, 5.74) is 7.29. The number of nitrogens with one attached hydrogen (secondary N) is 1. The molecule has 0 bridgehead atoms. The van der Waals surface area contributed by atoms with E-state index in [1.807, 2.05) is 39.8 Å². The van der Waals surface area contributed by atoms with Crippen molar-refractivity contribution in [2.75, 3.05) is 6.61 Å². The molecule has 0 unspecified atom stereocenters. The molecule has 0 aliphatic carbocycles. The molecule has 0 saturated carbocycles. The summed E-state index contributed by atoms with van der Waals surface area (Å²) in [5.74, 6) is 0.0568. The van der Waals surface area contributed by atoms with Crippen molar-refractivity contribution in [2.24, 2.45) is 5.10 Å². The number of carbonyl (C=O) groups excluding carboxylic acids is 1. The number of nitrogens with zero attached hydrogens (tertiary/aromatic N) is 1. The Balaban J connectivity index is 1.64. The monoisotopic (exact) mass is 378 g/mol. The second kappa shape index (κ2) is 8.08. The maximum Gasteiger partial charge on any atom is 0.336 e. The van der Waals surface area contributed by atoms with Gasteiger partial charge in [0.25, 0.3) is 5.91 Å². The number of carbonyl (C=O) groups is 1. The van der Waals surface area contributed by atoms with Crippen LogP contribution in [0, 0.1) is 20.8 Å². The molecule has 6 nitrogen and oxygen atoms in total. The van der Waals surface area contributed by atoms with E-state index in [-0.39, 0.29) is 12.5 Å². The summed E-state index contributed by atoms with van der Waals surface area (Å²) in [7, 11) is 0. The third-order valence-electron chi connectivity index (χ3n) is 4.41. The van der Waals surface area contributed by atoms with Crippen molar-refractivity contribution in [3.05, 3.63) is 75.1 Å². The fourth-order valence-electron chi connectivity index (χ4n) is 3.00. The summed E-state index contributed by atoms with van der Waals surface area (Å²) in [6.45, 7) is 7.51. The van der Waals surface area contributed by atoms with Gasteiger partial charge in [-0.3, -0.25) is 4.79 Å². The molecule has 2 aromatic carbocycles. The lowest BCUT2D eigenvalue weighted by atomic mass is 10.0. The van der Waals surface area contributed by atoms with Crippen molar-refractivity contribution >= 4 is 22.6 Å². The van der Waals surface area contributed by atoms with Crippen LogP contribution in [0.1, 0.15) is 29.2 Å². The molecule has 0 fully saturated rings. The lowest BCUT2D eigenvalue weighted by Crippen LogP contribution is -2.25. The number of amides is 1. The summed E-state index contributed by atoms with van der Waals surface area (Å²) >= 11 is 0. The van der Waals surface area contributed by atoms with Crippen molar-refractivity contribution in [3.63, 3.8) is 0 Å². The number of hydrogen-bond acceptors (Lipinski definition) is 5. The molecule has 3 aromatic rings. The van der Waals surface area contributed by atoms with Gasteiger partial charge in [0.2, 0.25) is 0 Å². The van der Waals surface area contributed by atoms with Gasteiger partial charge in [0.15, 0.2) is 6.61 Å². The van der Waals surface area contributed by atoms with Crippen LogP contribution < -0.4 is 15.8 Å². The van der Waals surface area contributed by atoms with Crippen molar-refractivity contribution in [1.82, 2.24) is 5.43 Å². The number of hydrazone groups is 1. The summed E-state index contributed by atoms with van der Waals surface area (Å²) < 4.78 is 10.7. The van der Waals surface area contributed by atoms with Gasteiger partial charge in [-0.15, -0.1) is 0 Å². The minimum absolute atomic E-state index is 0.203. The number of benzene rings is 2. The molecule has 1 heterocycles. The number of rotatable bonds is 5. The molecule has 0 aliphatic rings. The zero-order valence-electron chi connectivity index (χ0n) is 16.3. The third-order valence-corrected chi connectivity index (χ3v) is 4.41. The number of ether oxygens (including phenoxy) is 1. The summed E-state index contributed by atoms with van der Waals surface area (Å²) in [5, 5.41) is 4.97. The average molecular weight is 378 g/mol. The molecule has 0 spiro atoms. The van der Waals surface area contributed by atoms with Crippen molar-refractivity contribution in [1.29, 1.82) is 0 Å². The highest BCUT2D eigenvalue weighted by Gasteiger charge is 2.07. The van der Waals surface area contributed by atoms with E-state index in [9.17, 15) is 9.59 Å². The predicted molar refractivity (Wildman–Crippen MR) is 109 cm³/mol. The van der Waals surface area contributed by atoms with Gasteiger partial charge in [-0.1, -0.05) is 23.8 Å². The van der Waals surface area contributed by atoms with Crippen molar-refractivity contribution in [3.8, 4) is 5.75 Å². The fraction of sp³-hybridized carbons (Fsp3) is 0.227. The number of fused-ring (bicyclic) bond motifs is 1. The van der Waals surface area contributed by atoms with Crippen LogP contribution in [0.5, 0.6) is 5.75 Å². The van der Waals surface area contributed by atoms with E-state index in [4.69, 9.17) is 9.15 Å². The summed E-state index contributed by atoms with van der Waals surface area (Å²) in [6.07, 6.45) is 0. The lowest BCUT2D eigenvalue weighted by Gasteiger charge is -2.08. The zero-order valence-corrected chi connectivity index (χ0v) is 16.3. The second-order valence-electron chi connectivity index (χ2n) is 6.75.